The van der Waals surface area contributed by atoms with E-state index >= 15 is 0 Å². The number of rotatable bonds is 4. The van der Waals surface area contributed by atoms with Crippen LogP contribution in [-0.4, -0.2) is 22.2 Å². The van der Waals surface area contributed by atoms with Crippen molar-refractivity contribution in [3.05, 3.63) is 32.3 Å². The van der Waals surface area contributed by atoms with Gasteiger partial charge in [0.05, 0.1) is 27.1 Å². The first-order valence-electron chi connectivity index (χ1n) is 4.79. The molecule has 0 bridgehead atoms. The lowest BCUT2D eigenvalue weighted by Gasteiger charge is -2.24. The molecule has 1 aromatic rings. The van der Waals surface area contributed by atoms with Crippen LogP contribution in [0.5, 0.6) is 0 Å². The maximum atomic E-state index is 10.9. The molecule has 0 saturated carbocycles. The number of nitrogens with zero attached hydrogens (tertiary/aromatic N) is 1. The lowest BCUT2D eigenvalue weighted by molar-refractivity contribution is -0.384. The van der Waals surface area contributed by atoms with Gasteiger partial charge in [-0.1, -0.05) is 23.2 Å². The number of nitro benzene ring substituents is 1. The van der Waals surface area contributed by atoms with Gasteiger partial charge in [-0.2, -0.15) is 0 Å². The Morgan fingerprint density at radius 3 is 2.41 bits per heavy atom. The summed E-state index contributed by atoms with van der Waals surface area (Å²) in [5.41, 5.74) is -0.647. The van der Waals surface area contributed by atoms with Crippen LogP contribution in [0, 0.1) is 10.1 Å². The Hall–Kier alpha value is -1.04. The van der Waals surface area contributed by atoms with Gasteiger partial charge < -0.3 is 10.4 Å². The van der Waals surface area contributed by atoms with Gasteiger partial charge in [0.1, 0.15) is 5.69 Å². The fourth-order valence-electron chi connectivity index (χ4n) is 1.19. The van der Waals surface area contributed by atoms with E-state index in [0.29, 0.717) is 0 Å². The molecule has 0 atom stereocenters. The summed E-state index contributed by atoms with van der Waals surface area (Å²) in [6.07, 6.45) is 0. The highest BCUT2D eigenvalue weighted by Gasteiger charge is 2.23. The first-order valence-corrected chi connectivity index (χ1v) is 5.55. The van der Waals surface area contributed by atoms with E-state index in [1.165, 1.54) is 12.1 Å². The summed E-state index contributed by atoms with van der Waals surface area (Å²) < 4.78 is 0. The molecule has 0 aliphatic heterocycles. The molecule has 7 heteroatoms. The predicted molar refractivity (Wildman–Crippen MR) is 67.9 cm³/mol. The van der Waals surface area contributed by atoms with Crippen molar-refractivity contribution in [3.63, 3.8) is 0 Å². The van der Waals surface area contributed by atoms with E-state index in [1.54, 1.807) is 13.8 Å². The van der Waals surface area contributed by atoms with Gasteiger partial charge >= 0.3 is 0 Å². The Bertz CT molecular complexity index is 449. The fraction of sp³-hybridized carbons (Fsp3) is 0.400. The molecule has 0 aliphatic rings. The molecular weight excluding hydrogens is 267 g/mol. The number of hydrogen-bond donors (Lipinski definition) is 2. The Morgan fingerprint density at radius 1 is 1.41 bits per heavy atom. The molecule has 0 unspecified atom stereocenters. The van der Waals surface area contributed by atoms with Crippen LogP contribution in [0.2, 0.25) is 10.0 Å². The molecule has 94 valence electrons. The van der Waals surface area contributed by atoms with Gasteiger partial charge in [-0.25, -0.2) is 0 Å². The summed E-state index contributed by atoms with van der Waals surface area (Å²) in [5.74, 6) is 0. The van der Waals surface area contributed by atoms with Crippen molar-refractivity contribution in [3.8, 4) is 0 Å². The first-order chi connectivity index (χ1) is 7.76. The van der Waals surface area contributed by atoms with E-state index in [1.807, 2.05) is 0 Å². The van der Waals surface area contributed by atoms with Crippen LogP contribution in [-0.2, 0) is 0 Å². The van der Waals surface area contributed by atoms with Crippen molar-refractivity contribution < 1.29 is 10.0 Å². The van der Waals surface area contributed by atoms with Crippen molar-refractivity contribution >= 4 is 34.6 Å². The van der Waals surface area contributed by atoms with Gasteiger partial charge in [0, 0.05) is 6.07 Å². The van der Waals surface area contributed by atoms with Crippen LogP contribution in [0.15, 0.2) is 12.1 Å². The fourth-order valence-corrected chi connectivity index (χ4v) is 1.51. The van der Waals surface area contributed by atoms with Crippen LogP contribution in [0.1, 0.15) is 13.8 Å². The monoisotopic (exact) mass is 278 g/mol. The number of nitrogens with one attached hydrogen (secondary N) is 1. The van der Waals surface area contributed by atoms with Gasteiger partial charge in [0.15, 0.2) is 0 Å². The van der Waals surface area contributed by atoms with Gasteiger partial charge in [-0.3, -0.25) is 10.1 Å². The lowest BCUT2D eigenvalue weighted by Crippen LogP contribution is -2.35. The maximum Gasteiger partial charge on any atom is 0.293 e. The molecule has 0 spiro atoms. The van der Waals surface area contributed by atoms with Gasteiger partial charge in [0.25, 0.3) is 5.69 Å². The largest absolute Gasteiger partial charge is 0.394 e. The Kier molecular flexibility index (Phi) is 4.19. The molecular formula is C10H12Cl2N2O3. The Morgan fingerprint density at radius 2 is 1.94 bits per heavy atom. The number of benzene rings is 1. The summed E-state index contributed by atoms with van der Waals surface area (Å²) in [4.78, 5) is 10.3. The zero-order valence-electron chi connectivity index (χ0n) is 9.33. The SMILES string of the molecule is CC(C)(CO)Nc1cc(Cl)c(Cl)cc1[N+](=O)[O-]. The number of hydrogen-bond acceptors (Lipinski definition) is 4. The van der Waals surface area contributed by atoms with Crippen LogP contribution in [0.3, 0.4) is 0 Å². The summed E-state index contributed by atoms with van der Waals surface area (Å²) in [5, 5.41) is 23.2. The molecule has 5 nitrogen and oxygen atoms in total. The third-order valence-electron chi connectivity index (χ3n) is 2.10. The standard InChI is InChI=1S/C10H12Cl2N2O3/c1-10(2,5-15)13-8-3-6(11)7(12)4-9(8)14(16)17/h3-4,13,15H,5H2,1-2H3. The quantitative estimate of drug-likeness (QED) is 0.656. The van der Waals surface area contributed by atoms with Gasteiger partial charge in [0.2, 0.25) is 0 Å². The molecule has 0 fully saturated rings. The van der Waals surface area contributed by atoms with Gasteiger partial charge in [-0.05, 0) is 19.9 Å². The molecule has 0 aromatic heterocycles. The molecule has 0 saturated heterocycles. The van der Waals surface area contributed by atoms with Crippen molar-refractivity contribution in [2.75, 3.05) is 11.9 Å². The third kappa shape index (κ3) is 3.46. The maximum absolute atomic E-state index is 10.9. The number of nitro groups is 1. The van der Waals surface area contributed by atoms with Crippen LogP contribution >= 0.6 is 23.2 Å². The molecule has 2 N–H and O–H groups in total. The summed E-state index contributed by atoms with van der Waals surface area (Å²) in [6.45, 7) is 3.24. The van der Waals surface area contributed by atoms with E-state index in [9.17, 15) is 10.1 Å². The molecule has 0 amide bonds. The number of aliphatic hydroxyl groups is 1. The Balaban J connectivity index is 3.22. The molecule has 0 radical (unpaired) electrons. The highest BCUT2D eigenvalue weighted by molar-refractivity contribution is 6.42. The van der Waals surface area contributed by atoms with Crippen LogP contribution in [0.4, 0.5) is 11.4 Å². The van der Waals surface area contributed by atoms with E-state index in [4.69, 9.17) is 28.3 Å². The van der Waals surface area contributed by atoms with Crippen molar-refractivity contribution in [1.82, 2.24) is 0 Å². The molecule has 17 heavy (non-hydrogen) atoms. The van der Waals surface area contributed by atoms with E-state index in [0.717, 1.165) is 0 Å². The predicted octanol–water partition coefficient (Wildman–Crippen LogP) is 3.08. The minimum absolute atomic E-state index is 0.116. The second-order valence-corrected chi connectivity index (χ2v) is 5.02. The average molecular weight is 279 g/mol. The second-order valence-electron chi connectivity index (χ2n) is 4.21. The minimum atomic E-state index is -0.693. The van der Waals surface area contributed by atoms with Crippen molar-refractivity contribution in [2.24, 2.45) is 0 Å². The number of anilines is 1. The van der Waals surface area contributed by atoms with E-state index in [-0.39, 0.29) is 28.0 Å². The van der Waals surface area contributed by atoms with Crippen LogP contribution < -0.4 is 5.32 Å². The summed E-state index contributed by atoms with van der Waals surface area (Å²) in [7, 11) is 0. The zero-order valence-corrected chi connectivity index (χ0v) is 10.8. The molecule has 1 rings (SSSR count). The second kappa shape index (κ2) is 5.08. The summed E-state index contributed by atoms with van der Waals surface area (Å²) in [6, 6.07) is 2.55. The van der Waals surface area contributed by atoms with Crippen molar-refractivity contribution in [1.29, 1.82) is 0 Å². The Labute approximate surface area is 108 Å². The van der Waals surface area contributed by atoms with E-state index < -0.39 is 10.5 Å². The topological polar surface area (TPSA) is 75.4 Å². The molecule has 0 aliphatic carbocycles. The highest BCUT2D eigenvalue weighted by Crippen LogP contribution is 2.35. The smallest absolute Gasteiger partial charge is 0.293 e. The first kappa shape index (κ1) is 14.0. The molecule has 0 heterocycles. The zero-order chi connectivity index (χ0) is 13.2. The minimum Gasteiger partial charge on any atom is -0.394 e. The molecule has 1 aromatic carbocycles. The summed E-state index contributed by atoms with van der Waals surface area (Å²) >= 11 is 11.5. The van der Waals surface area contributed by atoms with Crippen LogP contribution in [0.25, 0.3) is 0 Å². The number of aliphatic hydroxyl groups excluding tert-OH is 1. The van der Waals surface area contributed by atoms with Crippen molar-refractivity contribution in [2.45, 2.75) is 19.4 Å². The highest BCUT2D eigenvalue weighted by atomic mass is 35.5. The average Bonchev–Trinajstić information content (AvgIpc) is 2.22. The normalized spacial score (nSPS) is 11.4. The van der Waals surface area contributed by atoms with Gasteiger partial charge in [-0.15, -0.1) is 0 Å². The number of halogens is 2. The lowest BCUT2D eigenvalue weighted by atomic mass is 10.1. The third-order valence-corrected chi connectivity index (χ3v) is 2.83. The van der Waals surface area contributed by atoms with E-state index in [2.05, 4.69) is 5.32 Å².